The molecule has 0 saturated heterocycles. The van der Waals surface area contributed by atoms with Gasteiger partial charge in [-0.2, -0.15) is 0 Å². The number of aromatic nitrogens is 2. The number of H-pyrrole nitrogens is 1. The number of benzene rings is 3. The van der Waals surface area contributed by atoms with E-state index in [1.54, 1.807) is 6.07 Å². The van der Waals surface area contributed by atoms with E-state index in [0.29, 0.717) is 22.0 Å². The van der Waals surface area contributed by atoms with Gasteiger partial charge in [0.25, 0.3) is 11.8 Å². The van der Waals surface area contributed by atoms with Crippen molar-refractivity contribution >= 4 is 55.4 Å². The molecule has 2 amide bonds. The first-order valence-electron chi connectivity index (χ1n) is 10.4. The van der Waals surface area contributed by atoms with Crippen LogP contribution in [0.3, 0.4) is 0 Å². The third kappa shape index (κ3) is 1.87. The van der Waals surface area contributed by atoms with Crippen LogP contribution in [0.2, 0.25) is 0 Å². The summed E-state index contributed by atoms with van der Waals surface area (Å²) in [5, 5.41) is 5.70. The summed E-state index contributed by atoms with van der Waals surface area (Å²) in [5.41, 5.74) is 5.47. The maximum atomic E-state index is 14.0. The predicted octanol–water partition coefficient (Wildman–Crippen LogP) is 5.13. The van der Waals surface area contributed by atoms with Gasteiger partial charge in [0.15, 0.2) is 0 Å². The zero-order chi connectivity index (χ0) is 21.2. The average Bonchev–Trinajstić information content (AvgIpc) is 3.34. The third-order valence-corrected chi connectivity index (χ3v) is 7.20. The second-order valence-electron chi connectivity index (χ2n) is 9.31. The number of nitrogens with one attached hydrogen (secondary N) is 2. The van der Waals surface area contributed by atoms with Gasteiger partial charge in [0.05, 0.1) is 27.7 Å². The number of carbonyl (C=O) groups is 2. The number of para-hydroxylation sites is 1. The van der Waals surface area contributed by atoms with Gasteiger partial charge in [-0.15, -0.1) is 0 Å². The first-order valence-corrected chi connectivity index (χ1v) is 10.4. The van der Waals surface area contributed by atoms with Crippen LogP contribution in [0.25, 0.3) is 43.6 Å². The molecule has 2 aliphatic heterocycles. The number of fused-ring (bicyclic) bond motifs is 10. The van der Waals surface area contributed by atoms with E-state index in [1.807, 2.05) is 12.1 Å². The molecule has 5 aromatic rings. The summed E-state index contributed by atoms with van der Waals surface area (Å²) in [6.45, 7) is 5.28. The summed E-state index contributed by atoms with van der Waals surface area (Å²) >= 11 is 0. The van der Waals surface area contributed by atoms with E-state index in [0.717, 1.165) is 45.7 Å². The summed E-state index contributed by atoms with van der Waals surface area (Å²) in [6.07, 6.45) is 0.960. The molecule has 0 aliphatic carbocycles. The number of halogens is 1. The maximum Gasteiger partial charge on any atom is 0.259 e. The third-order valence-electron chi connectivity index (χ3n) is 7.20. The van der Waals surface area contributed by atoms with Crippen molar-refractivity contribution in [1.82, 2.24) is 14.9 Å². The van der Waals surface area contributed by atoms with Crippen LogP contribution in [0, 0.1) is 5.82 Å². The molecule has 2 N–H and O–H groups in total. The SMILES string of the molecule is CC1(C)CCn2c3c1cccc3c1c3c(c4c5ccc(F)cc5[nH]c4c12)C(=O)NC3=O. The molecule has 152 valence electrons. The van der Waals surface area contributed by atoms with Crippen LogP contribution in [0.5, 0.6) is 0 Å². The van der Waals surface area contributed by atoms with Crippen LogP contribution in [-0.4, -0.2) is 21.4 Å². The molecular weight excluding hydrogens is 393 g/mol. The van der Waals surface area contributed by atoms with E-state index in [9.17, 15) is 14.0 Å². The van der Waals surface area contributed by atoms with Crippen molar-refractivity contribution in [2.45, 2.75) is 32.2 Å². The summed E-state index contributed by atoms with van der Waals surface area (Å²) in [7, 11) is 0. The highest BCUT2D eigenvalue weighted by molar-refractivity contribution is 6.39. The van der Waals surface area contributed by atoms with Gasteiger partial charge >= 0.3 is 0 Å². The zero-order valence-corrected chi connectivity index (χ0v) is 17.0. The minimum Gasteiger partial charge on any atom is -0.353 e. The van der Waals surface area contributed by atoms with Crippen LogP contribution < -0.4 is 5.32 Å². The van der Waals surface area contributed by atoms with Crippen LogP contribution in [-0.2, 0) is 12.0 Å². The molecule has 0 radical (unpaired) electrons. The Bertz CT molecular complexity index is 1690. The van der Waals surface area contributed by atoms with Crippen LogP contribution >= 0.6 is 0 Å². The number of carbonyl (C=O) groups excluding carboxylic acids is 2. The molecule has 4 heterocycles. The molecule has 5 nitrogen and oxygen atoms in total. The van der Waals surface area contributed by atoms with Gasteiger partial charge in [0.2, 0.25) is 0 Å². The second-order valence-corrected chi connectivity index (χ2v) is 9.31. The number of aryl methyl sites for hydroxylation is 1. The van der Waals surface area contributed by atoms with Gasteiger partial charge in [0.1, 0.15) is 5.82 Å². The molecule has 0 saturated carbocycles. The number of hydrogen-bond acceptors (Lipinski definition) is 2. The Kier molecular flexibility index (Phi) is 2.83. The molecule has 0 atom stereocenters. The summed E-state index contributed by atoms with van der Waals surface area (Å²) in [4.78, 5) is 29.3. The Morgan fingerprint density at radius 1 is 0.968 bits per heavy atom. The molecular formula is C25H18FN3O2. The molecule has 7 rings (SSSR count). The lowest BCUT2D eigenvalue weighted by atomic mass is 9.79. The lowest BCUT2D eigenvalue weighted by Gasteiger charge is -2.32. The van der Waals surface area contributed by atoms with E-state index in [2.05, 4.69) is 34.8 Å². The van der Waals surface area contributed by atoms with Crippen LogP contribution in [0.15, 0.2) is 36.4 Å². The molecule has 0 spiro atoms. The average molecular weight is 411 g/mol. The van der Waals surface area contributed by atoms with Gasteiger partial charge in [-0.25, -0.2) is 4.39 Å². The molecule has 6 heteroatoms. The van der Waals surface area contributed by atoms with Crippen molar-refractivity contribution < 1.29 is 14.0 Å². The van der Waals surface area contributed by atoms with E-state index in [1.165, 1.54) is 17.7 Å². The lowest BCUT2D eigenvalue weighted by Crippen LogP contribution is -2.25. The number of amides is 2. The molecule has 0 bridgehead atoms. The van der Waals surface area contributed by atoms with Gasteiger partial charge in [-0.1, -0.05) is 32.0 Å². The van der Waals surface area contributed by atoms with Crippen LogP contribution in [0.1, 0.15) is 46.5 Å². The normalized spacial score (nSPS) is 17.3. The lowest BCUT2D eigenvalue weighted by molar-refractivity contribution is 0.0880. The fourth-order valence-corrected chi connectivity index (χ4v) is 5.76. The number of aromatic amines is 1. The summed E-state index contributed by atoms with van der Waals surface area (Å²) in [5.74, 6) is -1.12. The summed E-state index contributed by atoms with van der Waals surface area (Å²) in [6, 6.07) is 10.7. The summed E-state index contributed by atoms with van der Waals surface area (Å²) < 4.78 is 16.3. The van der Waals surface area contributed by atoms with E-state index in [4.69, 9.17) is 0 Å². The number of hydrogen-bond donors (Lipinski definition) is 2. The quantitative estimate of drug-likeness (QED) is 0.347. The Hall–Kier alpha value is -3.67. The van der Waals surface area contributed by atoms with Gasteiger partial charge < -0.3 is 9.55 Å². The zero-order valence-electron chi connectivity index (χ0n) is 17.0. The fraction of sp³-hybridized carbons (Fsp3) is 0.200. The van der Waals surface area contributed by atoms with E-state index in [-0.39, 0.29) is 17.1 Å². The first-order chi connectivity index (χ1) is 14.9. The minimum atomic E-state index is -0.399. The largest absolute Gasteiger partial charge is 0.353 e. The smallest absolute Gasteiger partial charge is 0.259 e. The highest BCUT2D eigenvalue weighted by atomic mass is 19.1. The first kappa shape index (κ1) is 17.1. The van der Waals surface area contributed by atoms with Crippen molar-refractivity contribution in [3.63, 3.8) is 0 Å². The van der Waals surface area contributed by atoms with E-state index < -0.39 is 5.91 Å². The van der Waals surface area contributed by atoms with Crippen molar-refractivity contribution in [2.75, 3.05) is 0 Å². The highest BCUT2D eigenvalue weighted by Gasteiger charge is 2.38. The van der Waals surface area contributed by atoms with Crippen LogP contribution in [0.4, 0.5) is 4.39 Å². The van der Waals surface area contributed by atoms with Crippen molar-refractivity contribution in [3.8, 4) is 0 Å². The Morgan fingerprint density at radius 3 is 2.55 bits per heavy atom. The maximum absolute atomic E-state index is 14.0. The predicted molar refractivity (Wildman–Crippen MR) is 118 cm³/mol. The van der Waals surface area contributed by atoms with Gasteiger partial charge in [-0.05, 0) is 35.6 Å². The molecule has 31 heavy (non-hydrogen) atoms. The fourth-order valence-electron chi connectivity index (χ4n) is 5.76. The Balaban J connectivity index is 1.85. The van der Waals surface area contributed by atoms with Gasteiger partial charge in [-0.3, -0.25) is 14.9 Å². The number of rotatable bonds is 0. The minimum absolute atomic E-state index is 0.00777. The second kappa shape index (κ2) is 5.14. The van der Waals surface area contributed by atoms with Gasteiger partial charge in [0, 0.05) is 33.6 Å². The van der Waals surface area contributed by atoms with Crippen molar-refractivity contribution in [1.29, 1.82) is 0 Å². The molecule has 3 aromatic carbocycles. The standard InChI is InChI=1S/C25H18FN3O2/c1-25(2)8-9-29-21-13(4-3-5-14(21)25)17-19-18(23(30)28-24(19)31)16-12-7-6-11(26)10-15(12)27-20(16)22(17)29/h3-7,10,27H,8-9H2,1-2H3,(H,28,30,31). The number of nitrogens with zero attached hydrogens (tertiary/aromatic N) is 1. The molecule has 0 unspecified atom stereocenters. The topological polar surface area (TPSA) is 66.9 Å². The molecule has 2 aliphatic rings. The Labute approximate surface area is 175 Å². The monoisotopic (exact) mass is 411 g/mol. The Morgan fingerprint density at radius 2 is 1.74 bits per heavy atom. The highest BCUT2D eigenvalue weighted by Crippen LogP contribution is 2.47. The number of imide groups is 1. The van der Waals surface area contributed by atoms with Crippen molar-refractivity contribution in [3.05, 3.63) is 58.9 Å². The molecule has 2 aromatic heterocycles. The van der Waals surface area contributed by atoms with E-state index >= 15 is 0 Å². The van der Waals surface area contributed by atoms with Crippen molar-refractivity contribution in [2.24, 2.45) is 0 Å². The molecule has 0 fully saturated rings.